The van der Waals surface area contributed by atoms with E-state index in [0.717, 1.165) is 18.7 Å². The van der Waals surface area contributed by atoms with Crippen LogP contribution in [0.4, 0.5) is 0 Å². The third-order valence-electron chi connectivity index (χ3n) is 5.63. The van der Waals surface area contributed by atoms with E-state index in [4.69, 9.17) is 0 Å². The Morgan fingerprint density at radius 1 is 0.846 bits per heavy atom. The molecule has 1 aliphatic rings. The molecule has 0 aromatic carbocycles. The van der Waals surface area contributed by atoms with Crippen LogP contribution in [-0.4, -0.2) is 20.4 Å². The summed E-state index contributed by atoms with van der Waals surface area (Å²) in [4.78, 5) is 0. The third-order valence-corrected chi connectivity index (χ3v) is 5.63. The van der Waals surface area contributed by atoms with Crippen molar-refractivity contribution in [2.45, 2.75) is 98.3 Å². The number of aromatic nitrogens is 4. The zero-order valence-electron chi connectivity index (χ0n) is 18.1. The maximum absolute atomic E-state index is 4.43. The van der Waals surface area contributed by atoms with Gasteiger partial charge in [-0.3, -0.25) is 0 Å². The minimum atomic E-state index is -0.114. The summed E-state index contributed by atoms with van der Waals surface area (Å²) in [5, 5.41) is 17.5. The highest BCUT2D eigenvalue weighted by Crippen LogP contribution is 2.37. The van der Waals surface area contributed by atoms with Gasteiger partial charge in [0.2, 0.25) is 0 Å². The Morgan fingerprint density at radius 2 is 1.42 bits per heavy atom. The van der Waals surface area contributed by atoms with Crippen molar-refractivity contribution in [3.63, 3.8) is 0 Å². The highest BCUT2D eigenvalue weighted by Gasteiger charge is 2.31. The molecule has 0 bridgehead atoms. The summed E-state index contributed by atoms with van der Waals surface area (Å²) in [5.41, 5.74) is 0.150. The Hall–Kier alpha value is -1.32. The van der Waals surface area contributed by atoms with Crippen LogP contribution in [0, 0.1) is 17.3 Å². The number of hydrogen-bond acceptors (Lipinski definition) is 4. The fourth-order valence-corrected chi connectivity index (χ4v) is 3.80. The van der Waals surface area contributed by atoms with Crippen molar-refractivity contribution < 1.29 is 0 Å². The molecule has 2 rings (SSSR count). The van der Waals surface area contributed by atoms with E-state index in [1.54, 1.807) is 0 Å². The van der Waals surface area contributed by atoms with Crippen molar-refractivity contribution in [1.29, 1.82) is 0 Å². The second-order valence-electron chi connectivity index (χ2n) is 10.8. The van der Waals surface area contributed by atoms with Crippen LogP contribution in [0.2, 0.25) is 0 Å². The number of hydrogen-bond donors (Lipinski definition) is 0. The van der Waals surface area contributed by atoms with Crippen molar-refractivity contribution in [3.05, 3.63) is 23.8 Å². The first-order chi connectivity index (χ1) is 11.9. The van der Waals surface area contributed by atoms with Gasteiger partial charge in [0.1, 0.15) is 0 Å². The van der Waals surface area contributed by atoms with Gasteiger partial charge in [-0.1, -0.05) is 80.4 Å². The molecule has 1 aliphatic carbocycles. The molecular weight excluding hydrogens is 320 g/mol. The Balaban J connectivity index is 2.05. The standard InChI is InChI=1S/C22H38N4/c1-20(2,3)17-13-9-11-16(12-10-14-17)15-22(7,8)19-25-23-18(24-26-19)21(4,5)6/h9,13,16-17H,10-12,14-15H2,1-8H3/b13-9-. The van der Waals surface area contributed by atoms with E-state index in [1.807, 2.05) is 0 Å². The van der Waals surface area contributed by atoms with Crippen LogP contribution < -0.4 is 0 Å². The molecule has 4 nitrogen and oxygen atoms in total. The minimum Gasteiger partial charge on any atom is -0.131 e. The van der Waals surface area contributed by atoms with E-state index in [1.165, 1.54) is 19.3 Å². The smallest absolute Gasteiger partial charge is 0.131 e. The highest BCUT2D eigenvalue weighted by atomic mass is 15.3. The topological polar surface area (TPSA) is 51.6 Å². The fraction of sp³-hybridized carbons (Fsp3) is 0.818. The van der Waals surface area contributed by atoms with Crippen molar-refractivity contribution in [2.75, 3.05) is 0 Å². The SMILES string of the molecule is CC(C)(C)c1nnc(C(C)(C)CC2C/C=C\C(C(C)(C)C)CCC2)nn1. The van der Waals surface area contributed by atoms with Crippen LogP contribution in [0.1, 0.15) is 99.1 Å². The predicted molar refractivity (Wildman–Crippen MR) is 108 cm³/mol. The van der Waals surface area contributed by atoms with Gasteiger partial charge >= 0.3 is 0 Å². The van der Waals surface area contributed by atoms with Crippen LogP contribution in [0.3, 0.4) is 0 Å². The lowest BCUT2D eigenvalue weighted by Crippen LogP contribution is -2.28. The lowest BCUT2D eigenvalue weighted by Gasteiger charge is -2.32. The third kappa shape index (κ3) is 5.59. The molecule has 0 saturated carbocycles. The maximum Gasteiger partial charge on any atom is 0.179 e. The molecule has 0 fully saturated rings. The summed E-state index contributed by atoms with van der Waals surface area (Å²) >= 11 is 0. The van der Waals surface area contributed by atoms with Gasteiger partial charge in [-0.25, -0.2) is 0 Å². The average Bonchev–Trinajstić information content (AvgIpc) is 2.47. The van der Waals surface area contributed by atoms with Gasteiger partial charge in [0.05, 0.1) is 0 Å². The molecule has 0 N–H and O–H groups in total. The summed E-state index contributed by atoms with van der Waals surface area (Å²) in [7, 11) is 0. The van der Waals surface area contributed by atoms with Gasteiger partial charge in [0, 0.05) is 10.8 Å². The number of allylic oxidation sites excluding steroid dienone is 2. The first-order valence-corrected chi connectivity index (χ1v) is 10.1. The van der Waals surface area contributed by atoms with E-state index >= 15 is 0 Å². The Bertz CT molecular complexity index is 603. The molecule has 1 aromatic rings. The molecule has 0 saturated heterocycles. The molecule has 0 radical (unpaired) electrons. The monoisotopic (exact) mass is 358 g/mol. The molecule has 146 valence electrons. The van der Waals surface area contributed by atoms with Crippen molar-refractivity contribution in [1.82, 2.24) is 20.4 Å². The Labute approximate surface area is 160 Å². The van der Waals surface area contributed by atoms with Gasteiger partial charge in [-0.15, -0.1) is 20.4 Å². The lowest BCUT2D eigenvalue weighted by molar-refractivity contribution is 0.248. The summed E-state index contributed by atoms with van der Waals surface area (Å²) < 4.78 is 0. The quantitative estimate of drug-likeness (QED) is 0.656. The molecule has 0 spiro atoms. The van der Waals surface area contributed by atoms with Crippen molar-refractivity contribution >= 4 is 0 Å². The largest absolute Gasteiger partial charge is 0.179 e. The number of nitrogens with zero attached hydrogens (tertiary/aromatic N) is 4. The fourth-order valence-electron chi connectivity index (χ4n) is 3.80. The summed E-state index contributed by atoms with van der Waals surface area (Å²) in [5.74, 6) is 2.84. The van der Waals surface area contributed by atoms with Crippen molar-refractivity contribution in [3.8, 4) is 0 Å². The van der Waals surface area contributed by atoms with Gasteiger partial charge in [0.25, 0.3) is 0 Å². The van der Waals surface area contributed by atoms with Crippen LogP contribution >= 0.6 is 0 Å². The van der Waals surface area contributed by atoms with E-state index in [9.17, 15) is 0 Å². The molecular formula is C22H38N4. The van der Waals surface area contributed by atoms with Crippen LogP contribution in [0.25, 0.3) is 0 Å². The number of rotatable bonds is 3. The van der Waals surface area contributed by atoms with Crippen LogP contribution in [-0.2, 0) is 10.8 Å². The van der Waals surface area contributed by atoms with E-state index in [0.29, 0.717) is 23.1 Å². The molecule has 0 amide bonds. The minimum absolute atomic E-state index is 0.0997. The van der Waals surface area contributed by atoms with Crippen molar-refractivity contribution in [2.24, 2.45) is 17.3 Å². The lowest BCUT2D eigenvalue weighted by atomic mass is 9.73. The van der Waals surface area contributed by atoms with Gasteiger partial charge < -0.3 is 0 Å². The van der Waals surface area contributed by atoms with Crippen LogP contribution in [0.15, 0.2) is 12.2 Å². The normalized spacial score (nSPS) is 24.0. The molecule has 4 heteroatoms. The molecule has 1 aromatic heterocycles. The Morgan fingerprint density at radius 3 is 1.96 bits per heavy atom. The predicted octanol–water partition coefficient (Wildman–Crippen LogP) is 5.64. The first-order valence-electron chi connectivity index (χ1n) is 10.1. The van der Waals surface area contributed by atoms with E-state index < -0.39 is 0 Å². The van der Waals surface area contributed by atoms with E-state index in [2.05, 4.69) is 87.9 Å². The highest BCUT2D eigenvalue weighted by molar-refractivity contribution is 5.05. The average molecular weight is 359 g/mol. The second kappa shape index (κ2) is 7.74. The molecule has 0 aliphatic heterocycles. The summed E-state index contributed by atoms with van der Waals surface area (Å²) in [6.07, 6.45) is 11.0. The molecule has 1 heterocycles. The van der Waals surface area contributed by atoms with Gasteiger partial charge in [0.15, 0.2) is 11.6 Å². The first kappa shape index (κ1) is 21.0. The zero-order chi connectivity index (χ0) is 19.6. The molecule has 2 unspecified atom stereocenters. The summed E-state index contributed by atoms with van der Waals surface area (Å²) in [6.45, 7) is 17.8. The van der Waals surface area contributed by atoms with Gasteiger partial charge in [-0.05, 0) is 36.5 Å². The molecule has 2 atom stereocenters. The van der Waals surface area contributed by atoms with Gasteiger partial charge in [-0.2, -0.15) is 0 Å². The zero-order valence-corrected chi connectivity index (χ0v) is 18.1. The molecule has 26 heavy (non-hydrogen) atoms. The second-order valence-corrected chi connectivity index (χ2v) is 10.8. The Kier molecular flexibility index (Phi) is 6.24. The van der Waals surface area contributed by atoms with Crippen LogP contribution in [0.5, 0.6) is 0 Å². The van der Waals surface area contributed by atoms with E-state index in [-0.39, 0.29) is 10.8 Å². The summed E-state index contributed by atoms with van der Waals surface area (Å²) in [6, 6.07) is 0. The maximum atomic E-state index is 4.43.